The van der Waals surface area contributed by atoms with E-state index in [1.807, 2.05) is 24.3 Å². The van der Waals surface area contributed by atoms with Crippen molar-refractivity contribution in [3.8, 4) is 0 Å². The van der Waals surface area contributed by atoms with Gasteiger partial charge in [-0.1, -0.05) is 24.3 Å². The number of rotatable bonds is 3. The number of fused-ring (bicyclic) bond motifs is 1. The molecule has 0 spiro atoms. The average Bonchev–Trinajstić information content (AvgIpc) is 2.94. The maximum absolute atomic E-state index is 10.7. The fourth-order valence-corrected chi connectivity index (χ4v) is 2.15. The highest BCUT2D eigenvalue weighted by molar-refractivity contribution is 5.88. The van der Waals surface area contributed by atoms with Crippen molar-refractivity contribution < 1.29 is 4.92 Å². The number of nitro groups is 1. The Balaban J connectivity index is 1.83. The molecule has 1 aliphatic carbocycles. The summed E-state index contributed by atoms with van der Waals surface area (Å²) in [7, 11) is 0. The van der Waals surface area contributed by atoms with Crippen LogP contribution in [0.1, 0.15) is 12.2 Å². The topological polar surface area (TPSA) is 94.9 Å². The van der Waals surface area contributed by atoms with Gasteiger partial charge in [-0.05, 0) is 23.8 Å². The summed E-state index contributed by atoms with van der Waals surface area (Å²) in [6, 6.07) is 7.50. The summed E-state index contributed by atoms with van der Waals surface area (Å²) < 4.78 is 0. The molecule has 2 N–H and O–H groups in total. The highest BCUT2D eigenvalue weighted by atomic mass is 16.6. The molecule has 2 aromatic rings. The summed E-state index contributed by atoms with van der Waals surface area (Å²) in [5.41, 5.74) is 7.71. The number of benzene rings is 1. The first kappa shape index (κ1) is 13.0. The molecule has 104 valence electrons. The van der Waals surface area contributed by atoms with Crippen molar-refractivity contribution in [1.82, 2.24) is 9.97 Å². The van der Waals surface area contributed by atoms with Crippen molar-refractivity contribution >= 4 is 22.8 Å². The van der Waals surface area contributed by atoms with E-state index in [9.17, 15) is 10.1 Å². The van der Waals surface area contributed by atoms with Crippen LogP contribution in [0.5, 0.6) is 0 Å². The van der Waals surface area contributed by atoms with Gasteiger partial charge in [0.2, 0.25) is 0 Å². The average molecular weight is 280 g/mol. The molecule has 21 heavy (non-hydrogen) atoms. The van der Waals surface area contributed by atoms with E-state index in [0.717, 1.165) is 16.5 Å². The molecule has 0 aliphatic heterocycles. The standard InChI is InChI=1S/C15H12N4O2/c16-15-12-3-1-2-4-13(12)17-14(18-15)8-6-10-5-7-11(9-10)19(20)21/h1-8H,9H2,(H2,16,17,18)/b8-6+. The zero-order chi connectivity index (χ0) is 14.8. The van der Waals surface area contributed by atoms with Crippen LogP contribution in [0.15, 0.2) is 53.8 Å². The number of anilines is 1. The van der Waals surface area contributed by atoms with Gasteiger partial charge in [0.1, 0.15) is 5.82 Å². The number of hydrogen-bond acceptors (Lipinski definition) is 5. The zero-order valence-electron chi connectivity index (χ0n) is 11.1. The Morgan fingerprint density at radius 3 is 2.76 bits per heavy atom. The third-order valence-electron chi connectivity index (χ3n) is 3.21. The molecule has 0 bridgehead atoms. The predicted octanol–water partition coefficient (Wildman–Crippen LogP) is 2.72. The van der Waals surface area contributed by atoms with Crippen LogP contribution >= 0.6 is 0 Å². The van der Waals surface area contributed by atoms with E-state index in [1.165, 1.54) is 6.08 Å². The van der Waals surface area contributed by atoms with Crippen molar-refractivity contribution in [1.29, 1.82) is 0 Å². The number of nitrogens with zero attached hydrogens (tertiary/aromatic N) is 3. The van der Waals surface area contributed by atoms with Crippen molar-refractivity contribution in [3.05, 3.63) is 69.7 Å². The van der Waals surface area contributed by atoms with Crippen molar-refractivity contribution in [3.63, 3.8) is 0 Å². The molecular formula is C15H12N4O2. The van der Waals surface area contributed by atoms with E-state index in [0.29, 0.717) is 18.1 Å². The number of aromatic nitrogens is 2. The van der Waals surface area contributed by atoms with Gasteiger partial charge in [-0.3, -0.25) is 10.1 Å². The van der Waals surface area contributed by atoms with Crippen LogP contribution in [0, 0.1) is 10.1 Å². The van der Waals surface area contributed by atoms with Crippen molar-refractivity contribution in [2.75, 3.05) is 5.73 Å². The van der Waals surface area contributed by atoms with E-state index < -0.39 is 0 Å². The van der Waals surface area contributed by atoms with Crippen molar-refractivity contribution in [2.45, 2.75) is 6.42 Å². The largest absolute Gasteiger partial charge is 0.383 e. The number of allylic oxidation sites excluding steroid dienone is 4. The number of nitrogen functional groups attached to an aromatic ring is 1. The second-order valence-corrected chi connectivity index (χ2v) is 4.65. The van der Waals surface area contributed by atoms with Gasteiger partial charge >= 0.3 is 0 Å². The summed E-state index contributed by atoms with van der Waals surface area (Å²) in [5, 5.41) is 11.5. The highest BCUT2D eigenvalue weighted by Crippen LogP contribution is 2.22. The molecule has 1 heterocycles. The Morgan fingerprint density at radius 1 is 1.19 bits per heavy atom. The second-order valence-electron chi connectivity index (χ2n) is 4.65. The Kier molecular flexibility index (Phi) is 3.19. The molecule has 0 radical (unpaired) electrons. The lowest BCUT2D eigenvalue weighted by Crippen LogP contribution is -1.97. The molecule has 1 aliphatic rings. The van der Waals surface area contributed by atoms with Gasteiger partial charge in [0, 0.05) is 11.5 Å². The Morgan fingerprint density at radius 2 is 2.00 bits per heavy atom. The minimum absolute atomic E-state index is 0.189. The van der Waals surface area contributed by atoms with Gasteiger partial charge in [-0.25, -0.2) is 9.97 Å². The molecule has 0 saturated carbocycles. The second kappa shape index (κ2) is 5.16. The minimum atomic E-state index is -0.373. The maximum atomic E-state index is 10.7. The minimum Gasteiger partial charge on any atom is -0.383 e. The first-order valence-electron chi connectivity index (χ1n) is 6.38. The molecule has 0 unspecified atom stereocenters. The van der Waals surface area contributed by atoms with Gasteiger partial charge in [0.25, 0.3) is 5.70 Å². The lowest BCUT2D eigenvalue weighted by atomic mass is 10.2. The van der Waals surface area contributed by atoms with E-state index in [-0.39, 0.29) is 10.6 Å². The Labute approximate surface area is 120 Å². The Bertz CT molecular complexity index is 822. The molecule has 0 saturated heterocycles. The summed E-state index contributed by atoms with van der Waals surface area (Å²) in [6.45, 7) is 0. The third-order valence-corrected chi connectivity index (χ3v) is 3.21. The molecule has 0 fully saturated rings. The lowest BCUT2D eigenvalue weighted by molar-refractivity contribution is -0.426. The SMILES string of the molecule is Nc1nc(/C=C/C2=CC=C([N+](=O)[O-])C2)nc2ccccc12. The van der Waals surface area contributed by atoms with Crippen LogP contribution in [0.4, 0.5) is 5.82 Å². The van der Waals surface area contributed by atoms with Crippen molar-refractivity contribution in [2.24, 2.45) is 0 Å². The highest BCUT2D eigenvalue weighted by Gasteiger charge is 2.15. The summed E-state index contributed by atoms with van der Waals surface area (Å²) in [6.07, 6.45) is 7.03. The Hall–Kier alpha value is -3.02. The van der Waals surface area contributed by atoms with Gasteiger partial charge in [-0.2, -0.15) is 0 Å². The van der Waals surface area contributed by atoms with Crippen LogP contribution in [0.2, 0.25) is 0 Å². The molecule has 6 nitrogen and oxygen atoms in total. The molecular weight excluding hydrogens is 268 g/mol. The van der Waals surface area contributed by atoms with Gasteiger partial charge in [-0.15, -0.1) is 0 Å². The molecule has 0 atom stereocenters. The molecule has 1 aromatic heterocycles. The number of para-hydroxylation sites is 1. The molecule has 0 amide bonds. The normalized spacial score (nSPS) is 14.5. The van der Waals surface area contributed by atoms with E-state index in [2.05, 4.69) is 9.97 Å². The van der Waals surface area contributed by atoms with Crippen LogP contribution in [0.25, 0.3) is 17.0 Å². The monoisotopic (exact) mass is 280 g/mol. The quantitative estimate of drug-likeness (QED) is 0.689. The number of nitrogens with two attached hydrogens (primary N) is 1. The van der Waals surface area contributed by atoms with Crippen LogP contribution in [-0.2, 0) is 0 Å². The maximum Gasteiger partial charge on any atom is 0.250 e. The van der Waals surface area contributed by atoms with Gasteiger partial charge in [0.05, 0.1) is 16.9 Å². The fraction of sp³-hybridized carbons (Fsp3) is 0.0667. The van der Waals surface area contributed by atoms with Gasteiger partial charge < -0.3 is 5.73 Å². The summed E-state index contributed by atoms with van der Waals surface area (Å²) in [5.74, 6) is 0.909. The first-order valence-corrected chi connectivity index (χ1v) is 6.38. The summed E-state index contributed by atoms with van der Waals surface area (Å²) in [4.78, 5) is 18.9. The molecule has 6 heteroatoms. The number of hydrogen-bond donors (Lipinski definition) is 1. The summed E-state index contributed by atoms with van der Waals surface area (Å²) >= 11 is 0. The lowest BCUT2D eigenvalue weighted by Gasteiger charge is -2.02. The van der Waals surface area contributed by atoms with E-state index in [1.54, 1.807) is 18.2 Å². The molecule has 3 rings (SSSR count). The van der Waals surface area contributed by atoms with Crippen LogP contribution in [0.3, 0.4) is 0 Å². The van der Waals surface area contributed by atoms with E-state index in [4.69, 9.17) is 5.73 Å². The first-order chi connectivity index (χ1) is 10.1. The smallest absolute Gasteiger partial charge is 0.250 e. The third kappa shape index (κ3) is 2.64. The van der Waals surface area contributed by atoms with Crippen LogP contribution in [-0.4, -0.2) is 14.9 Å². The van der Waals surface area contributed by atoms with Crippen LogP contribution < -0.4 is 5.73 Å². The molecule has 1 aromatic carbocycles. The van der Waals surface area contributed by atoms with Gasteiger partial charge in [0.15, 0.2) is 5.82 Å². The zero-order valence-corrected chi connectivity index (χ0v) is 11.1. The van der Waals surface area contributed by atoms with E-state index >= 15 is 0 Å². The predicted molar refractivity (Wildman–Crippen MR) is 80.8 cm³/mol. The fourth-order valence-electron chi connectivity index (χ4n) is 2.15.